The highest BCUT2D eigenvalue weighted by Gasteiger charge is 2.49. The van der Waals surface area contributed by atoms with Crippen LogP contribution in [0.5, 0.6) is 0 Å². The normalized spacial score (nSPS) is 26.4. The molecule has 2 saturated heterocycles. The van der Waals surface area contributed by atoms with Crippen molar-refractivity contribution < 1.29 is 13.2 Å². The number of hydrogen-bond donors (Lipinski definition) is 0. The maximum atomic E-state index is 12.0. The first-order valence-electron chi connectivity index (χ1n) is 6.90. The molecule has 0 aliphatic carbocycles. The number of anilines is 1. The van der Waals surface area contributed by atoms with Gasteiger partial charge in [-0.3, -0.25) is 4.79 Å². The molecular formula is C14H11BrClN3O3S2. The molecule has 126 valence electrons. The van der Waals surface area contributed by atoms with Crippen molar-refractivity contribution in [3.8, 4) is 6.07 Å². The predicted molar refractivity (Wildman–Crippen MR) is 98.1 cm³/mol. The molecule has 1 aromatic carbocycles. The van der Waals surface area contributed by atoms with Crippen molar-refractivity contribution in [3.63, 3.8) is 0 Å². The van der Waals surface area contributed by atoms with Gasteiger partial charge in [-0.1, -0.05) is 39.3 Å². The number of amides is 1. The molecule has 2 aliphatic rings. The molecule has 24 heavy (non-hydrogen) atoms. The molecular weight excluding hydrogens is 438 g/mol. The maximum absolute atomic E-state index is 12.0. The van der Waals surface area contributed by atoms with E-state index in [4.69, 9.17) is 16.9 Å². The highest BCUT2D eigenvalue weighted by Crippen LogP contribution is 2.43. The zero-order valence-electron chi connectivity index (χ0n) is 12.1. The number of nitriles is 1. The van der Waals surface area contributed by atoms with Gasteiger partial charge in [-0.05, 0) is 18.2 Å². The summed E-state index contributed by atoms with van der Waals surface area (Å²) in [7, 11) is -3.14. The number of sulfone groups is 1. The number of benzene rings is 1. The number of halogens is 2. The molecule has 2 atom stereocenters. The third-order valence-electron chi connectivity index (χ3n) is 3.69. The van der Waals surface area contributed by atoms with Gasteiger partial charge in [0, 0.05) is 9.72 Å². The highest BCUT2D eigenvalue weighted by atomic mass is 79.9. The van der Waals surface area contributed by atoms with E-state index in [1.807, 2.05) is 0 Å². The van der Waals surface area contributed by atoms with Crippen LogP contribution >= 0.6 is 39.3 Å². The van der Waals surface area contributed by atoms with Crippen molar-refractivity contribution in [2.24, 2.45) is 4.99 Å². The number of amidine groups is 1. The molecule has 0 saturated carbocycles. The third kappa shape index (κ3) is 3.47. The zero-order chi connectivity index (χ0) is 17.5. The van der Waals surface area contributed by atoms with Gasteiger partial charge in [0.1, 0.15) is 6.42 Å². The van der Waals surface area contributed by atoms with Gasteiger partial charge in [-0.15, -0.1) is 0 Å². The predicted octanol–water partition coefficient (Wildman–Crippen LogP) is 2.62. The van der Waals surface area contributed by atoms with Crippen LogP contribution in [0, 0.1) is 11.3 Å². The van der Waals surface area contributed by atoms with Gasteiger partial charge < -0.3 is 4.90 Å². The van der Waals surface area contributed by atoms with E-state index in [1.54, 1.807) is 29.2 Å². The fourth-order valence-corrected chi connectivity index (χ4v) is 7.43. The Morgan fingerprint density at radius 1 is 1.50 bits per heavy atom. The van der Waals surface area contributed by atoms with Crippen molar-refractivity contribution in [3.05, 3.63) is 27.7 Å². The number of hydrogen-bond acceptors (Lipinski definition) is 5. The molecule has 0 aromatic heterocycles. The minimum absolute atomic E-state index is 0.0114. The van der Waals surface area contributed by atoms with E-state index < -0.39 is 15.7 Å². The van der Waals surface area contributed by atoms with Crippen LogP contribution < -0.4 is 4.90 Å². The Labute approximate surface area is 156 Å². The molecule has 10 heteroatoms. The van der Waals surface area contributed by atoms with E-state index in [1.165, 1.54) is 11.8 Å². The average molecular weight is 449 g/mol. The van der Waals surface area contributed by atoms with Crippen LogP contribution in [0.4, 0.5) is 5.69 Å². The fourth-order valence-electron chi connectivity index (χ4n) is 2.74. The van der Waals surface area contributed by atoms with Gasteiger partial charge in [-0.2, -0.15) is 10.3 Å². The zero-order valence-corrected chi connectivity index (χ0v) is 16.1. The standard InChI is InChI=1S/C14H11BrClN3O3S2/c15-8-1-2-10(9(16)5-8)19-11-6-24(21,22)7-12(11)23-14(19)18-13(20)3-4-17/h1-2,5,11-12H,3,6-7H2. The van der Waals surface area contributed by atoms with Crippen LogP contribution in [0.25, 0.3) is 0 Å². The van der Waals surface area contributed by atoms with E-state index in [-0.39, 0.29) is 29.2 Å². The third-order valence-corrected chi connectivity index (χ3v) is 7.69. The lowest BCUT2D eigenvalue weighted by atomic mass is 10.2. The lowest BCUT2D eigenvalue weighted by molar-refractivity contribution is -0.116. The summed E-state index contributed by atoms with van der Waals surface area (Å²) in [5, 5.41) is 9.25. The van der Waals surface area contributed by atoms with Crippen LogP contribution in [-0.2, 0) is 14.6 Å². The summed E-state index contributed by atoms with van der Waals surface area (Å²) in [4.78, 5) is 17.5. The maximum Gasteiger partial charge on any atom is 0.262 e. The molecule has 1 amide bonds. The molecule has 2 aliphatic heterocycles. The van der Waals surface area contributed by atoms with Crippen LogP contribution in [0.1, 0.15) is 6.42 Å². The first kappa shape index (κ1) is 17.7. The first-order valence-corrected chi connectivity index (χ1v) is 10.8. The summed E-state index contributed by atoms with van der Waals surface area (Å²) < 4.78 is 24.7. The summed E-state index contributed by atoms with van der Waals surface area (Å²) in [5.74, 6) is -0.526. The van der Waals surface area contributed by atoms with Crippen molar-refractivity contribution in [2.45, 2.75) is 17.7 Å². The largest absolute Gasteiger partial charge is 0.314 e. The van der Waals surface area contributed by atoms with Crippen molar-refractivity contribution in [2.75, 3.05) is 16.4 Å². The fraction of sp³-hybridized carbons (Fsp3) is 0.357. The Bertz CT molecular complexity index is 882. The molecule has 1 aromatic rings. The summed E-state index contributed by atoms with van der Waals surface area (Å²) in [6, 6.07) is 6.68. The summed E-state index contributed by atoms with van der Waals surface area (Å²) >= 11 is 10.9. The summed E-state index contributed by atoms with van der Waals surface area (Å²) in [6.07, 6.45) is -0.320. The Morgan fingerprint density at radius 3 is 2.92 bits per heavy atom. The first-order chi connectivity index (χ1) is 11.3. The summed E-state index contributed by atoms with van der Waals surface area (Å²) in [6.45, 7) is 0. The van der Waals surface area contributed by atoms with Crippen LogP contribution in [0.2, 0.25) is 5.02 Å². The van der Waals surface area contributed by atoms with Crippen molar-refractivity contribution >= 4 is 65.9 Å². The smallest absolute Gasteiger partial charge is 0.262 e. The number of aliphatic imine (C=N–C) groups is 1. The second kappa shape index (κ2) is 6.67. The Morgan fingerprint density at radius 2 is 2.25 bits per heavy atom. The minimum atomic E-state index is -3.14. The number of carbonyl (C=O) groups is 1. The number of carbonyl (C=O) groups excluding carboxylic acids is 1. The van der Waals surface area contributed by atoms with Gasteiger partial charge in [0.05, 0.1) is 34.3 Å². The molecule has 0 spiro atoms. The topological polar surface area (TPSA) is 90.6 Å². The Balaban J connectivity index is 2.05. The van der Waals surface area contributed by atoms with Crippen molar-refractivity contribution in [1.82, 2.24) is 0 Å². The molecule has 2 heterocycles. The quantitative estimate of drug-likeness (QED) is 0.691. The minimum Gasteiger partial charge on any atom is -0.314 e. The second-order valence-corrected chi connectivity index (χ2v) is 10.1. The monoisotopic (exact) mass is 447 g/mol. The van der Waals surface area contributed by atoms with Crippen molar-refractivity contribution in [1.29, 1.82) is 5.26 Å². The van der Waals surface area contributed by atoms with Crippen LogP contribution in [0.3, 0.4) is 0 Å². The van der Waals surface area contributed by atoms with Gasteiger partial charge in [-0.25, -0.2) is 8.42 Å². The SMILES string of the molecule is N#CCC(=O)N=C1SC2CS(=O)(=O)CC2N1c1ccc(Br)cc1Cl. The van der Waals surface area contributed by atoms with Crippen LogP contribution in [-0.4, -0.2) is 42.3 Å². The van der Waals surface area contributed by atoms with E-state index in [0.29, 0.717) is 15.9 Å². The van der Waals surface area contributed by atoms with E-state index >= 15 is 0 Å². The molecule has 0 N–H and O–H groups in total. The summed E-state index contributed by atoms with van der Waals surface area (Å²) in [5.41, 5.74) is 0.598. The van der Waals surface area contributed by atoms with Gasteiger partial charge in [0.25, 0.3) is 5.91 Å². The number of nitrogens with zero attached hydrogens (tertiary/aromatic N) is 3. The van der Waals surface area contributed by atoms with Crippen LogP contribution in [0.15, 0.2) is 27.7 Å². The van der Waals surface area contributed by atoms with Gasteiger partial charge >= 0.3 is 0 Å². The molecule has 2 fully saturated rings. The number of rotatable bonds is 2. The highest BCUT2D eigenvalue weighted by molar-refractivity contribution is 9.10. The van der Waals surface area contributed by atoms with Gasteiger partial charge in [0.15, 0.2) is 15.0 Å². The molecule has 6 nitrogen and oxygen atoms in total. The number of fused-ring (bicyclic) bond motifs is 1. The second-order valence-electron chi connectivity index (χ2n) is 5.39. The number of thioether (sulfide) groups is 1. The lowest BCUT2D eigenvalue weighted by Gasteiger charge is -2.25. The molecule has 2 unspecified atom stereocenters. The molecule has 0 radical (unpaired) electrons. The molecule has 3 rings (SSSR count). The van der Waals surface area contributed by atoms with E-state index in [9.17, 15) is 13.2 Å². The Kier molecular flexibility index (Phi) is 4.93. The van der Waals surface area contributed by atoms with E-state index in [2.05, 4.69) is 20.9 Å². The average Bonchev–Trinajstić information content (AvgIpc) is 2.91. The molecule has 0 bridgehead atoms. The Hall–Kier alpha value is -1.08. The van der Waals surface area contributed by atoms with Gasteiger partial charge in [0.2, 0.25) is 0 Å². The van der Waals surface area contributed by atoms with E-state index in [0.717, 1.165) is 4.47 Å². The lowest BCUT2D eigenvalue weighted by Crippen LogP contribution is -2.37.